The first-order chi connectivity index (χ1) is 5.38. The molecule has 2 unspecified atom stereocenters. The quantitative estimate of drug-likeness (QED) is 0.544. The molecule has 1 saturated heterocycles. The summed E-state index contributed by atoms with van der Waals surface area (Å²) in [5, 5.41) is 13.0. The molecule has 1 heterocycles. The summed E-state index contributed by atoms with van der Waals surface area (Å²) in [5.74, 6) is 0.428. The van der Waals surface area contributed by atoms with Gasteiger partial charge in [0, 0.05) is 18.2 Å². The molecule has 2 N–H and O–H groups in total. The SMILES string of the molecule is OC1CCNC2=CCCCC21. The summed E-state index contributed by atoms with van der Waals surface area (Å²) in [7, 11) is 0. The van der Waals surface area contributed by atoms with E-state index in [1.54, 1.807) is 0 Å². The van der Waals surface area contributed by atoms with E-state index in [-0.39, 0.29) is 6.10 Å². The smallest absolute Gasteiger partial charge is 0.0639 e. The molecular weight excluding hydrogens is 138 g/mol. The van der Waals surface area contributed by atoms with Crippen LogP contribution >= 0.6 is 0 Å². The van der Waals surface area contributed by atoms with Gasteiger partial charge < -0.3 is 10.4 Å². The molecule has 1 aliphatic carbocycles. The molecule has 1 fully saturated rings. The molecule has 2 aliphatic rings. The highest BCUT2D eigenvalue weighted by Gasteiger charge is 2.28. The predicted molar refractivity (Wildman–Crippen MR) is 44.1 cm³/mol. The van der Waals surface area contributed by atoms with E-state index in [4.69, 9.17) is 0 Å². The Balaban J connectivity index is 2.13. The van der Waals surface area contributed by atoms with Crippen LogP contribution < -0.4 is 5.32 Å². The van der Waals surface area contributed by atoms with E-state index in [0.717, 1.165) is 13.0 Å². The fourth-order valence-corrected chi connectivity index (χ4v) is 2.07. The van der Waals surface area contributed by atoms with Crippen LogP contribution in [-0.2, 0) is 0 Å². The van der Waals surface area contributed by atoms with Gasteiger partial charge in [-0.05, 0) is 25.7 Å². The van der Waals surface area contributed by atoms with Crippen LogP contribution in [0.5, 0.6) is 0 Å². The van der Waals surface area contributed by atoms with Crippen molar-refractivity contribution in [1.82, 2.24) is 5.32 Å². The van der Waals surface area contributed by atoms with E-state index in [9.17, 15) is 5.11 Å². The van der Waals surface area contributed by atoms with Crippen molar-refractivity contribution in [2.75, 3.05) is 6.54 Å². The Hall–Kier alpha value is -0.500. The zero-order valence-electron chi connectivity index (χ0n) is 6.71. The summed E-state index contributed by atoms with van der Waals surface area (Å²) in [6.45, 7) is 0.948. The minimum atomic E-state index is -0.0807. The van der Waals surface area contributed by atoms with Gasteiger partial charge in [-0.2, -0.15) is 0 Å². The van der Waals surface area contributed by atoms with Gasteiger partial charge in [-0.1, -0.05) is 6.08 Å². The predicted octanol–water partition coefficient (Wildman–Crippen LogP) is 1.02. The molecule has 62 valence electrons. The number of rotatable bonds is 0. The second kappa shape index (κ2) is 2.86. The minimum Gasteiger partial charge on any atom is -0.392 e. The molecule has 0 radical (unpaired) electrons. The molecule has 0 aromatic heterocycles. The van der Waals surface area contributed by atoms with Crippen LogP contribution in [0.4, 0.5) is 0 Å². The summed E-state index contributed by atoms with van der Waals surface area (Å²) < 4.78 is 0. The van der Waals surface area contributed by atoms with Crippen LogP contribution in [0.25, 0.3) is 0 Å². The van der Waals surface area contributed by atoms with Gasteiger partial charge in [0.05, 0.1) is 6.10 Å². The summed E-state index contributed by atoms with van der Waals surface area (Å²) in [6, 6.07) is 0. The average Bonchev–Trinajstić information content (AvgIpc) is 2.06. The van der Waals surface area contributed by atoms with Gasteiger partial charge >= 0.3 is 0 Å². The summed E-state index contributed by atoms with van der Waals surface area (Å²) in [5.41, 5.74) is 1.30. The van der Waals surface area contributed by atoms with Gasteiger partial charge in [-0.15, -0.1) is 0 Å². The number of aliphatic hydroxyl groups excluding tert-OH is 1. The zero-order valence-corrected chi connectivity index (χ0v) is 6.71. The monoisotopic (exact) mass is 153 g/mol. The standard InChI is InChI=1S/C9H15NO/c11-9-5-6-10-8-4-2-1-3-7(8)9/h4,7,9-11H,1-3,5-6H2. The van der Waals surface area contributed by atoms with E-state index in [1.807, 2.05) is 0 Å². The van der Waals surface area contributed by atoms with Gasteiger partial charge in [-0.25, -0.2) is 0 Å². The third-order valence-electron chi connectivity index (χ3n) is 2.72. The number of nitrogens with one attached hydrogen (secondary N) is 1. The van der Waals surface area contributed by atoms with Crippen molar-refractivity contribution in [1.29, 1.82) is 0 Å². The summed E-state index contributed by atoms with van der Waals surface area (Å²) in [6.07, 6.45) is 6.68. The highest BCUT2D eigenvalue weighted by Crippen LogP contribution is 2.29. The summed E-state index contributed by atoms with van der Waals surface area (Å²) >= 11 is 0. The molecule has 0 aromatic carbocycles. The molecule has 0 bridgehead atoms. The number of fused-ring (bicyclic) bond motifs is 1. The number of hydrogen-bond donors (Lipinski definition) is 2. The number of piperidine rings is 1. The van der Waals surface area contributed by atoms with Gasteiger partial charge in [-0.3, -0.25) is 0 Å². The molecule has 2 atom stereocenters. The first-order valence-electron chi connectivity index (χ1n) is 4.50. The van der Waals surface area contributed by atoms with Crippen LogP contribution in [0.2, 0.25) is 0 Å². The number of allylic oxidation sites excluding steroid dienone is 1. The fourth-order valence-electron chi connectivity index (χ4n) is 2.07. The highest BCUT2D eigenvalue weighted by atomic mass is 16.3. The second-order valence-corrected chi connectivity index (χ2v) is 3.48. The Bertz CT molecular complexity index is 176. The van der Waals surface area contributed by atoms with Crippen LogP contribution in [-0.4, -0.2) is 17.8 Å². The van der Waals surface area contributed by atoms with E-state index < -0.39 is 0 Å². The van der Waals surface area contributed by atoms with Crippen LogP contribution in [0, 0.1) is 5.92 Å². The molecule has 0 amide bonds. The maximum atomic E-state index is 9.62. The molecule has 0 saturated carbocycles. The lowest BCUT2D eigenvalue weighted by Crippen LogP contribution is -2.39. The Morgan fingerprint density at radius 2 is 2.36 bits per heavy atom. The zero-order chi connectivity index (χ0) is 7.68. The molecule has 2 rings (SSSR count). The van der Waals surface area contributed by atoms with E-state index in [0.29, 0.717) is 5.92 Å². The lowest BCUT2D eigenvalue weighted by atomic mass is 9.84. The van der Waals surface area contributed by atoms with Crippen molar-refractivity contribution in [2.24, 2.45) is 5.92 Å². The molecule has 11 heavy (non-hydrogen) atoms. The minimum absolute atomic E-state index is 0.0807. The normalized spacial score (nSPS) is 37.0. The third-order valence-corrected chi connectivity index (χ3v) is 2.72. The van der Waals surface area contributed by atoms with Crippen LogP contribution in [0.15, 0.2) is 11.8 Å². The van der Waals surface area contributed by atoms with Crippen molar-refractivity contribution < 1.29 is 5.11 Å². The molecule has 2 nitrogen and oxygen atoms in total. The van der Waals surface area contributed by atoms with Crippen molar-refractivity contribution in [3.63, 3.8) is 0 Å². The number of hydrogen-bond acceptors (Lipinski definition) is 2. The molecule has 0 aromatic rings. The maximum Gasteiger partial charge on any atom is 0.0639 e. The topological polar surface area (TPSA) is 32.3 Å². The van der Waals surface area contributed by atoms with Crippen molar-refractivity contribution >= 4 is 0 Å². The van der Waals surface area contributed by atoms with Crippen LogP contribution in [0.3, 0.4) is 0 Å². The lowest BCUT2D eigenvalue weighted by molar-refractivity contribution is 0.0894. The van der Waals surface area contributed by atoms with Crippen molar-refractivity contribution in [3.05, 3.63) is 11.8 Å². The van der Waals surface area contributed by atoms with Gasteiger partial charge in [0.15, 0.2) is 0 Å². The highest BCUT2D eigenvalue weighted by molar-refractivity contribution is 5.12. The van der Waals surface area contributed by atoms with Gasteiger partial charge in [0.25, 0.3) is 0 Å². The van der Waals surface area contributed by atoms with Gasteiger partial charge in [0.1, 0.15) is 0 Å². The Labute approximate surface area is 67.3 Å². The second-order valence-electron chi connectivity index (χ2n) is 3.48. The third kappa shape index (κ3) is 1.27. The Kier molecular flexibility index (Phi) is 1.86. The first kappa shape index (κ1) is 7.17. The van der Waals surface area contributed by atoms with Crippen molar-refractivity contribution in [3.8, 4) is 0 Å². The van der Waals surface area contributed by atoms with E-state index in [1.165, 1.54) is 25.0 Å². The molecule has 1 aliphatic heterocycles. The fraction of sp³-hybridized carbons (Fsp3) is 0.778. The largest absolute Gasteiger partial charge is 0.392 e. The maximum absolute atomic E-state index is 9.62. The molecular formula is C9H15NO. The number of aliphatic hydroxyl groups is 1. The Morgan fingerprint density at radius 1 is 1.45 bits per heavy atom. The first-order valence-corrected chi connectivity index (χ1v) is 4.50. The van der Waals surface area contributed by atoms with Crippen molar-refractivity contribution in [2.45, 2.75) is 31.8 Å². The average molecular weight is 153 g/mol. The Morgan fingerprint density at radius 3 is 3.18 bits per heavy atom. The molecule has 0 spiro atoms. The molecule has 2 heteroatoms. The van der Waals surface area contributed by atoms with Crippen LogP contribution in [0.1, 0.15) is 25.7 Å². The van der Waals surface area contributed by atoms with E-state index >= 15 is 0 Å². The van der Waals surface area contributed by atoms with E-state index in [2.05, 4.69) is 11.4 Å². The van der Waals surface area contributed by atoms with Gasteiger partial charge in [0.2, 0.25) is 0 Å². The lowest BCUT2D eigenvalue weighted by Gasteiger charge is -2.34. The summed E-state index contributed by atoms with van der Waals surface area (Å²) in [4.78, 5) is 0.